The quantitative estimate of drug-likeness (QED) is 0.465. The Morgan fingerprint density at radius 1 is 1.29 bits per heavy atom. The summed E-state index contributed by atoms with van der Waals surface area (Å²) >= 11 is 0. The van der Waals surface area contributed by atoms with Crippen LogP contribution in [0, 0.1) is 0 Å². The number of aromatic nitrogens is 4. The molecule has 0 aliphatic rings. The normalized spacial score (nSPS) is 10.9. The van der Waals surface area contributed by atoms with Gasteiger partial charge in [0, 0.05) is 31.6 Å². The number of nitrogens with zero attached hydrogens (tertiary/aromatic N) is 4. The summed E-state index contributed by atoms with van der Waals surface area (Å²) in [7, 11) is 1.81. The smallest absolute Gasteiger partial charge is 0.169 e. The molecule has 0 radical (unpaired) electrons. The van der Waals surface area contributed by atoms with Crippen LogP contribution in [0.5, 0.6) is 0 Å². The second-order valence-electron chi connectivity index (χ2n) is 5.61. The number of imidazole rings is 1. The summed E-state index contributed by atoms with van der Waals surface area (Å²) in [6.07, 6.45) is 8.68. The van der Waals surface area contributed by atoms with Crippen LogP contribution >= 0.6 is 0 Å². The molecule has 0 aliphatic carbocycles. The molecule has 3 aromatic heterocycles. The zero-order valence-corrected chi connectivity index (χ0v) is 16.5. The van der Waals surface area contributed by atoms with Crippen molar-refractivity contribution in [1.29, 1.82) is 0 Å². The number of aliphatic hydroxyl groups excluding tert-OH is 1. The summed E-state index contributed by atoms with van der Waals surface area (Å²) < 4.78 is 1.86. The van der Waals surface area contributed by atoms with Gasteiger partial charge >= 0.3 is 0 Å². The van der Waals surface area contributed by atoms with Crippen LogP contribution in [0.3, 0.4) is 0 Å². The Morgan fingerprint density at radius 3 is 2.75 bits per heavy atom. The minimum atomic E-state index is -0.0688. The number of allylic oxidation sites excluding steroid dienone is 2. The van der Waals surface area contributed by atoms with Gasteiger partial charge in [-0.25, -0.2) is 15.0 Å². The summed E-state index contributed by atoms with van der Waals surface area (Å²) in [4.78, 5) is 13.0. The molecular weight excluding hydrogens is 354 g/mol. The van der Waals surface area contributed by atoms with E-state index in [1.807, 2.05) is 36.6 Å². The van der Waals surface area contributed by atoms with Crippen molar-refractivity contribution in [3.63, 3.8) is 0 Å². The Bertz CT molecular complexity index is 962. The third-order valence-electron chi connectivity index (χ3n) is 3.88. The Morgan fingerprint density at radius 2 is 2.07 bits per heavy atom. The SMILES string of the molecule is C=C/C(=C\NC)c1cnc(N)c(NCc2ccc3ncc(CO)n3c2)n1.CC. The second kappa shape index (κ2) is 10.1. The Hall–Kier alpha value is -3.39. The van der Waals surface area contributed by atoms with E-state index in [0.717, 1.165) is 22.5 Å². The minimum Gasteiger partial charge on any atom is -0.393 e. The van der Waals surface area contributed by atoms with Gasteiger partial charge in [0.25, 0.3) is 0 Å². The third kappa shape index (κ3) is 4.66. The van der Waals surface area contributed by atoms with Gasteiger partial charge in [0.05, 0.1) is 30.4 Å². The van der Waals surface area contributed by atoms with E-state index in [-0.39, 0.29) is 6.61 Å². The summed E-state index contributed by atoms with van der Waals surface area (Å²) in [5, 5.41) is 15.5. The van der Waals surface area contributed by atoms with Crippen molar-refractivity contribution >= 4 is 22.9 Å². The molecule has 0 spiro atoms. The molecule has 0 bridgehead atoms. The zero-order chi connectivity index (χ0) is 20.5. The van der Waals surface area contributed by atoms with Gasteiger partial charge in [-0.15, -0.1) is 0 Å². The predicted octanol–water partition coefficient (Wildman–Crippen LogP) is 2.58. The van der Waals surface area contributed by atoms with Gasteiger partial charge < -0.3 is 25.9 Å². The van der Waals surface area contributed by atoms with E-state index in [9.17, 15) is 5.11 Å². The van der Waals surface area contributed by atoms with Crippen LogP contribution < -0.4 is 16.4 Å². The van der Waals surface area contributed by atoms with Gasteiger partial charge in [-0.2, -0.15) is 0 Å². The molecular formula is C20H27N7O. The zero-order valence-electron chi connectivity index (χ0n) is 16.5. The average Bonchev–Trinajstić information content (AvgIpc) is 3.15. The van der Waals surface area contributed by atoms with E-state index in [2.05, 4.69) is 32.2 Å². The van der Waals surface area contributed by atoms with Crippen molar-refractivity contribution in [2.24, 2.45) is 0 Å². The molecule has 3 aromatic rings. The van der Waals surface area contributed by atoms with E-state index >= 15 is 0 Å². The number of hydrogen-bond acceptors (Lipinski definition) is 7. The molecule has 0 fully saturated rings. The van der Waals surface area contributed by atoms with Crippen molar-refractivity contribution in [2.45, 2.75) is 27.0 Å². The maximum Gasteiger partial charge on any atom is 0.169 e. The van der Waals surface area contributed by atoms with Crippen LogP contribution in [0.25, 0.3) is 11.2 Å². The molecule has 0 aliphatic heterocycles. The molecule has 8 nitrogen and oxygen atoms in total. The highest BCUT2D eigenvalue weighted by molar-refractivity contribution is 5.72. The highest BCUT2D eigenvalue weighted by atomic mass is 16.3. The predicted molar refractivity (Wildman–Crippen MR) is 113 cm³/mol. The molecule has 0 unspecified atom stereocenters. The van der Waals surface area contributed by atoms with Crippen LogP contribution in [-0.2, 0) is 13.2 Å². The highest BCUT2D eigenvalue weighted by Gasteiger charge is 2.08. The van der Waals surface area contributed by atoms with Gasteiger partial charge in [-0.05, 0) is 11.6 Å². The van der Waals surface area contributed by atoms with Crippen LogP contribution in [-0.4, -0.2) is 31.5 Å². The van der Waals surface area contributed by atoms with Gasteiger partial charge in [-0.3, -0.25) is 0 Å². The number of fused-ring (bicyclic) bond motifs is 1. The molecule has 3 rings (SSSR count). The standard InChI is InChI=1S/C18H21N7O.C2H6/c1-3-13(7-20-2)15-9-22-17(19)18(24-15)23-6-12-4-5-16-21-8-14(11-26)25(16)10-12;1-2/h3-5,7-10,20,26H,1,6,11H2,2H3,(H2,19,22)(H,23,24);1-2H3/b13-7+;. The lowest BCUT2D eigenvalue weighted by atomic mass is 10.2. The summed E-state index contributed by atoms with van der Waals surface area (Å²) in [5.41, 5.74) is 9.93. The van der Waals surface area contributed by atoms with E-state index in [0.29, 0.717) is 23.9 Å². The molecule has 5 N–H and O–H groups in total. The molecule has 0 atom stereocenters. The minimum absolute atomic E-state index is 0.0688. The molecule has 0 saturated carbocycles. The van der Waals surface area contributed by atoms with Crippen LogP contribution in [0.15, 0.2) is 49.6 Å². The first-order chi connectivity index (χ1) is 13.7. The number of nitrogens with one attached hydrogen (secondary N) is 2. The number of pyridine rings is 1. The van der Waals surface area contributed by atoms with Gasteiger partial charge in [0.1, 0.15) is 5.65 Å². The van der Waals surface area contributed by atoms with Crippen molar-refractivity contribution in [1.82, 2.24) is 24.7 Å². The lowest BCUT2D eigenvalue weighted by Gasteiger charge is -2.11. The summed E-state index contributed by atoms with van der Waals surface area (Å²) in [5.74, 6) is 0.820. The van der Waals surface area contributed by atoms with Crippen molar-refractivity contribution < 1.29 is 5.11 Å². The number of hydrogen-bond donors (Lipinski definition) is 4. The summed E-state index contributed by atoms with van der Waals surface area (Å²) in [6.45, 7) is 8.22. The van der Waals surface area contributed by atoms with Crippen molar-refractivity contribution in [3.05, 3.63) is 66.5 Å². The first kappa shape index (κ1) is 20.9. The van der Waals surface area contributed by atoms with Crippen molar-refractivity contribution in [3.8, 4) is 0 Å². The van der Waals surface area contributed by atoms with Gasteiger partial charge in [0.2, 0.25) is 0 Å². The molecule has 0 saturated heterocycles. The summed E-state index contributed by atoms with van der Waals surface area (Å²) in [6, 6.07) is 3.85. The van der Waals surface area contributed by atoms with Crippen molar-refractivity contribution in [2.75, 3.05) is 18.1 Å². The van der Waals surface area contributed by atoms with E-state index in [4.69, 9.17) is 5.73 Å². The molecule has 28 heavy (non-hydrogen) atoms. The maximum atomic E-state index is 9.38. The molecule has 8 heteroatoms. The van der Waals surface area contributed by atoms with Gasteiger partial charge in [0.15, 0.2) is 11.6 Å². The lowest BCUT2D eigenvalue weighted by molar-refractivity contribution is 0.276. The second-order valence-corrected chi connectivity index (χ2v) is 5.61. The van der Waals surface area contributed by atoms with E-state index in [1.54, 1.807) is 31.7 Å². The van der Waals surface area contributed by atoms with E-state index < -0.39 is 0 Å². The fraction of sp³-hybridized carbons (Fsp3) is 0.250. The van der Waals surface area contributed by atoms with Crippen LogP contribution in [0.4, 0.5) is 11.6 Å². The third-order valence-corrected chi connectivity index (χ3v) is 3.88. The molecule has 148 valence electrons. The average molecular weight is 381 g/mol. The maximum absolute atomic E-state index is 9.38. The number of anilines is 2. The highest BCUT2D eigenvalue weighted by Crippen LogP contribution is 2.19. The number of aliphatic hydroxyl groups is 1. The Labute approximate surface area is 164 Å². The van der Waals surface area contributed by atoms with E-state index in [1.165, 1.54) is 0 Å². The molecule has 0 amide bonds. The Kier molecular flexibility index (Phi) is 7.53. The Balaban J connectivity index is 0.00000136. The first-order valence-electron chi connectivity index (χ1n) is 9.08. The lowest BCUT2D eigenvalue weighted by Crippen LogP contribution is -2.08. The van der Waals surface area contributed by atoms with Crippen LogP contribution in [0.2, 0.25) is 0 Å². The topological polar surface area (TPSA) is 113 Å². The van der Waals surface area contributed by atoms with Crippen LogP contribution in [0.1, 0.15) is 30.8 Å². The fourth-order valence-corrected chi connectivity index (χ4v) is 2.54. The molecule has 3 heterocycles. The monoisotopic (exact) mass is 381 g/mol. The number of nitrogens with two attached hydrogens (primary N) is 1. The number of rotatable bonds is 7. The largest absolute Gasteiger partial charge is 0.393 e. The fourth-order valence-electron chi connectivity index (χ4n) is 2.54. The number of nitrogen functional groups attached to an aromatic ring is 1. The first-order valence-corrected chi connectivity index (χ1v) is 9.08. The molecule has 0 aromatic carbocycles. The van der Waals surface area contributed by atoms with Gasteiger partial charge in [-0.1, -0.05) is 32.6 Å².